The van der Waals surface area contributed by atoms with Gasteiger partial charge in [0, 0.05) is 50.3 Å². The molecule has 4 heteroatoms. The first-order valence-corrected chi connectivity index (χ1v) is 24.6. The second kappa shape index (κ2) is 16.6. The molecule has 11 aromatic rings. The SMILES string of the molecule is c1ccc(N(c2ccccc2)c2ccc(-c3ccc4c(c3)-c3oc5ccc(-c6ccc(N(c7ccccc7)c7ccccc7)cc6)cc5c3[Si]4(c3ccccc3)c3ccccc3)cc2)cc1. The first-order chi connectivity index (χ1) is 32.7. The van der Waals surface area contributed by atoms with Crippen molar-refractivity contribution in [1.82, 2.24) is 0 Å². The highest BCUT2D eigenvalue weighted by Crippen LogP contribution is 2.41. The third-order valence-corrected chi connectivity index (χ3v) is 18.0. The molecule has 0 saturated carbocycles. The molecule has 10 aromatic carbocycles. The topological polar surface area (TPSA) is 19.6 Å². The number of nitrogens with zero attached hydrogens (tertiary/aromatic N) is 2. The predicted molar refractivity (Wildman–Crippen MR) is 279 cm³/mol. The maximum Gasteiger partial charge on any atom is 0.185 e. The molecule has 0 fully saturated rings. The Kier molecular flexibility index (Phi) is 9.85. The highest BCUT2D eigenvalue weighted by atomic mass is 28.3. The lowest BCUT2D eigenvalue weighted by atomic mass is 10.0. The van der Waals surface area contributed by atoms with Crippen LogP contribution in [0.2, 0.25) is 0 Å². The van der Waals surface area contributed by atoms with Crippen LogP contribution in [0.4, 0.5) is 34.1 Å². The van der Waals surface area contributed by atoms with Crippen LogP contribution in [0.25, 0.3) is 44.5 Å². The van der Waals surface area contributed by atoms with Crippen molar-refractivity contribution in [2.45, 2.75) is 0 Å². The maximum atomic E-state index is 7.14. The summed E-state index contributed by atoms with van der Waals surface area (Å²) in [7, 11) is -2.89. The van der Waals surface area contributed by atoms with Crippen molar-refractivity contribution < 1.29 is 4.42 Å². The molecule has 0 aliphatic carbocycles. The van der Waals surface area contributed by atoms with Gasteiger partial charge in [0.05, 0.1) is 0 Å². The smallest absolute Gasteiger partial charge is 0.185 e. The number of para-hydroxylation sites is 4. The molecule has 0 N–H and O–H groups in total. The van der Waals surface area contributed by atoms with Gasteiger partial charge < -0.3 is 14.2 Å². The lowest BCUT2D eigenvalue weighted by molar-refractivity contribution is 0.635. The summed E-state index contributed by atoms with van der Waals surface area (Å²) >= 11 is 0. The van der Waals surface area contributed by atoms with Crippen LogP contribution in [0.5, 0.6) is 0 Å². The van der Waals surface area contributed by atoms with Gasteiger partial charge >= 0.3 is 0 Å². The van der Waals surface area contributed by atoms with Crippen molar-refractivity contribution in [3.05, 3.63) is 267 Å². The van der Waals surface area contributed by atoms with Gasteiger partial charge in [0.2, 0.25) is 0 Å². The fourth-order valence-corrected chi connectivity index (χ4v) is 15.4. The van der Waals surface area contributed by atoms with Crippen LogP contribution >= 0.6 is 0 Å². The average Bonchev–Trinajstić information content (AvgIpc) is 3.92. The van der Waals surface area contributed by atoms with Crippen molar-refractivity contribution in [1.29, 1.82) is 0 Å². The van der Waals surface area contributed by atoms with E-state index in [9.17, 15) is 0 Å². The fourth-order valence-electron chi connectivity index (χ4n) is 10.2. The van der Waals surface area contributed by atoms with Gasteiger partial charge in [-0.25, -0.2) is 0 Å². The molecular formula is C62H44N2OSi. The highest BCUT2D eigenvalue weighted by molar-refractivity contribution is 7.23. The molecule has 0 saturated heterocycles. The van der Waals surface area contributed by atoms with Crippen LogP contribution in [-0.2, 0) is 0 Å². The Balaban J connectivity index is 0.989. The standard InChI is InChI=1S/C62H44N2OSi/c1-7-19-49(20-8-1)63(50-21-9-2-10-22-50)53-37-31-45(32-38-53)47-35-41-59-57(43-47)62-61(65-59)58-44-48(36-42-60(58)66(62,55-27-15-5-16-28-55)56-29-17-6-18-30-56)46-33-39-54(40-34-46)64(51-23-11-3-12-24-51)52-25-13-4-14-26-52/h1-44H. The molecule has 1 aliphatic rings. The van der Waals surface area contributed by atoms with Gasteiger partial charge in [-0.15, -0.1) is 0 Å². The molecule has 0 spiro atoms. The summed E-state index contributed by atoms with van der Waals surface area (Å²) in [5.41, 5.74) is 13.4. The first-order valence-electron chi connectivity index (χ1n) is 22.6. The number of benzene rings is 10. The quantitative estimate of drug-likeness (QED) is 0.128. The van der Waals surface area contributed by atoms with Crippen molar-refractivity contribution in [2.75, 3.05) is 9.80 Å². The highest BCUT2D eigenvalue weighted by Gasteiger charge is 2.52. The van der Waals surface area contributed by atoms with Gasteiger partial charge in [0.1, 0.15) is 11.3 Å². The van der Waals surface area contributed by atoms with Crippen LogP contribution in [-0.4, -0.2) is 8.07 Å². The average molecular weight is 861 g/mol. The van der Waals surface area contributed by atoms with E-state index < -0.39 is 8.07 Å². The summed E-state index contributed by atoms with van der Waals surface area (Å²) in [6.45, 7) is 0. The molecule has 1 aliphatic heterocycles. The zero-order chi connectivity index (χ0) is 43.9. The molecule has 0 bridgehead atoms. The van der Waals surface area contributed by atoms with E-state index in [1.54, 1.807) is 0 Å². The zero-order valence-corrected chi connectivity index (χ0v) is 37.2. The number of anilines is 6. The number of fused-ring (bicyclic) bond motifs is 5. The molecule has 0 atom stereocenters. The lowest BCUT2D eigenvalue weighted by Gasteiger charge is -2.31. The van der Waals surface area contributed by atoms with Crippen molar-refractivity contribution >= 4 is 73.9 Å². The Labute approximate surface area is 386 Å². The summed E-state index contributed by atoms with van der Waals surface area (Å²) in [5.74, 6) is 0.978. The van der Waals surface area contributed by atoms with Crippen LogP contribution in [0.1, 0.15) is 0 Å². The maximum absolute atomic E-state index is 7.14. The largest absolute Gasteiger partial charge is 0.456 e. The minimum atomic E-state index is -2.89. The number of rotatable bonds is 10. The number of furan rings is 1. The minimum Gasteiger partial charge on any atom is -0.456 e. The van der Waals surface area contributed by atoms with Gasteiger partial charge in [0.25, 0.3) is 0 Å². The Hall–Kier alpha value is -8.44. The molecule has 2 heterocycles. The molecule has 0 amide bonds. The van der Waals surface area contributed by atoms with E-state index in [1.165, 1.54) is 31.7 Å². The zero-order valence-electron chi connectivity index (χ0n) is 36.2. The van der Waals surface area contributed by atoms with E-state index in [1.807, 2.05) is 0 Å². The number of hydrogen-bond acceptors (Lipinski definition) is 3. The van der Waals surface area contributed by atoms with Gasteiger partial charge in [-0.2, -0.15) is 0 Å². The van der Waals surface area contributed by atoms with E-state index in [-0.39, 0.29) is 0 Å². The second-order valence-corrected chi connectivity index (χ2v) is 20.6. The van der Waals surface area contributed by atoms with Gasteiger partial charge in [0.15, 0.2) is 8.07 Å². The molecule has 1 aromatic heterocycles. The monoisotopic (exact) mass is 860 g/mol. The van der Waals surface area contributed by atoms with Gasteiger partial charge in [-0.05, 0) is 129 Å². The predicted octanol–water partition coefficient (Wildman–Crippen LogP) is 14.1. The third-order valence-electron chi connectivity index (χ3n) is 13.1. The van der Waals surface area contributed by atoms with Crippen LogP contribution in [0, 0.1) is 0 Å². The Bertz CT molecular complexity index is 3310. The van der Waals surface area contributed by atoms with E-state index in [2.05, 4.69) is 277 Å². The Morgan fingerprint density at radius 2 is 0.652 bits per heavy atom. The van der Waals surface area contributed by atoms with Crippen LogP contribution in [0.3, 0.4) is 0 Å². The first kappa shape index (κ1) is 39.2. The normalized spacial score (nSPS) is 12.4. The minimum absolute atomic E-state index is 0.908. The van der Waals surface area contributed by atoms with Gasteiger partial charge in [-0.3, -0.25) is 0 Å². The summed E-state index contributed by atoms with van der Waals surface area (Å²) in [6, 6.07) is 96.5. The molecule has 3 nitrogen and oxygen atoms in total. The summed E-state index contributed by atoms with van der Waals surface area (Å²) in [5, 5.41) is 6.53. The molecule has 12 rings (SSSR count). The van der Waals surface area contributed by atoms with E-state index in [4.69, 9.17) is 4.42 Å². The van der Waals surface area contributed by atoms with Crippen molar-refractivity contribution in [3.8, 4) is 33.6 Å². The molecule has 0 radical (unpaired) electrons. The summed E-state index contributed by atoms with van der Waals surface area (Å²) in [6.07, 6.45) is 0. The van der Waals surface area contributed by atoms with E-state index >= 15 is 0 Å². The van der Waals surface area contributed by atoms with E-state index in [0.29, 0.717) is 0 Å². The Morgan fingerprint density at radius 3 is 1.08 bits per heavy atom. The van der Waals surface area contributed by atoms with Crippen molar-refractivity contribution in [2.24, 2.45) is 0 Å². The van der Waals surface area contributed by atoms with Gasteiger partial charge in [-0.1, -0.05) is 176 Å². The van der Waals surface area contributed by atoms with Crippen LogP contribution < -0.4 is 30.5 Å². The molecule has 66 heavy (non-hydrogen) atoms. The number of hydrogen-bond donors (Lipinski definition) is 0. The third kappa shape index (κ3) is 6.66. The summed E-state index contributed by atoms with van der Waals surface area (Å²) < 4.78 is 7.14. The fraction of sp³-hybridized carbons (Fsp3) is 0. The Morgan fingerprint density at radius 1 is 0.303 bits per heavy atom. The summed E-state index contributed by atoms with van der Waals surface area (Å²) in [4.78, 5) is 4.61. The second-order valence-electron chi connectivity index (χ2n) is 16.9. The molecular weight excluding hydrogens is 817 g/mol. The van der Waals surface area contributed by atoms with Crippen molar-refractivity contribution in [3.63, 3.8) is 0 Å². The lowest BCUT2D eigenvalue weighted by Crippen LogP contribution is -2.72. The molecule has 312 valence electrons. The van der Waals surface area contributed by atoms with Crippen LogP contribution in [0.15, 0.2) is 271 Å². The van der Waals surface area contributed by atoms with E-state index in [0.717, 1.165) is 67.7 Å². The molecule has 0 unspecified atom stereocenters.